The van der Waals surface area contributed by atoms with Gasteiger partial charge in [0.25, 0.3) is 0 Å². The molecule has 1 heterocycles. The summed E-state index contributed by atoms with van der Waals surface area (Å²) < 4.78 is 5.25. The van der Waals surface area contributed by atoms with E-state index in [1.807, 2.05) is 6.92 Å². The molecule has 1 amide bonds. The third kappa shape index (κ3) is 2.19. The van der Waals surface area contributed by atoms with Gasteiger partial charge >= 0.3 is 0 Å². The van der Waals surface area contributed by atoms with E-state index in [-0.39, 0.29) is 17.7 Å². The van der Waals surface area contributed by atoms with Gasteiger partial charge in [-0.15, -0.1) is 0 Å². The van der Waals surface area contributed by atoms with Crippen molar-refractivity contribution in [2.24, 2.45) is 11.1 Å². The molecule has 2 unspecified atom stereocenters. The lowest BCUT2D eigenvalue weighted by Gasteiger charge is -2.25. The van der Waals surface area contributed by atoms with Gasteiger partial charge in [-0.1, -0.05) is 0 Å². The monoisotopic (exact) mass is 250 g/mol. The number of anilines is 1. The minimum absolute atomic E-state index is 0.152. The molecule has 98 valence electrons. The molecule has 1 saturated heterocycles. The Morgan fingerprint density at radius 3 is 2.89 bits per heavy atom. The molecule has 0 radical (unpaired) electrons. The van der Waals surface area contributed by atoms with Crippen molar-refractivity contribution < 1.29 is 14.6 Å². The molecular formula is C13H18N2O3. The van der Waals surface area contributed by atoms with Gasteiger partial charge in [0.1, 0.15) is 5.75 Å². The molecule has 5 nitrogen and oxygen atoms in total. The van der Waals surface area contributed by atoms with E-state index < -0.39 is 5.41 Å². The highest BCUT2D eigenvalue weighted by atomic mass is 16.5. The van der Waals surface area contributed by atoms with Crippen LogP contribution in [0.3, 0.4) is 0 Å². The molecule has 1 aromatic carbocycles. The van der Waals surface area contributed by atoms with Crippen LogP contribution in [0.1, 0.15) is 12.5 Å². The Labute approximate surface area is 106 Å². The van der Waals surface area contributed by atoms with Crippen molar-refractivity contribution in [3.05, 3.63) is 23.8 Å². The summed E-state index contributed by atoms with van der Waals surface area (Å²) in [4.78, 5) is 12.3. The molecule has 0 spiro atoms. The maximum atomic E-state index is 12.3. The number of carbonyl (C=O) groups excluding carboxylic acids is 1. The summed E-state index contributed by atoms with van der Waals surface area (Å²) in [6, 6.07) is 4.52. The second-order valence-electron chi connectivity index (χ2n) is 4.99. The largest absolute Gasteiger partial charge is 0.508 e. The second-order valence-corrected chi connectivity index (χ2v) is 4.99. The minimum Gasteiger partial charge on any atom is -0.508 e. The van der Waals surface area contributed by atoms with Gasteiger partial charge in [0, 0.05) is 11.7 Å². The van der Waals surface area contributed by atoms with Crippen molar-refractivity contribution in [2.45, 2.75) is 19.9 Å². The van der Waals surface area contributed by atoms with Crippen LogP contribution in [0.4, 0.5) is 5.69 Å². The predicted octanol–water partition coefficient (Wildman–Crippen LogP) is 1.00. The number of aryl methyl sites for hydroxylation is 1. The Balaban J connectivity index is 2.16. The van der Waals surface area contributed by atoms with Gasteiger partial charge in [-0.2, -0.15) is 0 Å². The fourth-order valence-electron chi connectivity index (χ4n) is 1.98. The number of hydrogen-bond donors (Lipinski definition) is 3. The topological polar surface area (TPSA) is 84.6 Å². The molecule has 1 aliphatic rings. The minimum atomic E-state index is -0.704. The fraction of sp³-hybridized carbons (Fsp3) is 0.462. The van der Waals surface area contributed by atoms with E-state index in [1.54, 1.807) is 19.1 Å². The summed E-state index contributed by atoms with van der Waals surface area (Å²) in [5.74, 6) is 0.0268. The Hall–Kier alpha value is -1.59. The van der Waals surface area contributed by atoms with Crippen molar-refractivity contribution in [2.75, 3.05) is 18.5 Å². The molecule has 0 aromatic heterocycles. The molecule has 2 atom stereocenters. The van der Waals surface area contributed by atoms with Crippen LogP contribution in [-0.2, 0) is 9.53 Å². The second kappa shape index (κ2) is 4.59. The highest BCUT2D eigenvalue weighted by Crippen LogP contribution is 2.29. The summed E-state index contributed by atoms with van der Waals surface area (Å²) in [6.45, 7) is 4.36. The van der Waals surface area contributed by atoms with Crippen LogP contribution in [0.15, 0.2) is 18.2 Å². The first-order chi connectivity index (χ1) is 8.43. The number of aromatic hydroxyl groups is 1. The molecule has 5 heteroatoms. The van der Waals surface area contributed by atoms with E-state index in [0.717, 1.165) is 5.56 Å². The van der Waals surface area contributed by atoms with Crippen molar-refractivity contribution in [1.82, 2.24) is 0 Å². The zero-order valence-corrected chi connectivity index (χ0v) is 10.6. The maximum absolute atomic E-state index is 12.3. The Morgan fingerprint density at radius 2 is 2.33 bits per heavy atom. The first-order valence-electron chi connectivity index (χ1n) is 5.88. The van der Waals surface area contributed by atoms with Crippen LogP contribution in [0, 0.1) is 12.3 Å². The number of phenolic OH excluding ortho intramolecular Hbond substituents is 1. The van der Waals surface area contributed by atoms with Gasteiger partial charge in [0.2, 0.25) is 5.91 Å². The van der Waals surface area contributed by atoms with E-state index in [9.17, 15) is 9.90 Å². The lowest BCUT2D eigenvalue weighted by Crippen LogP contribution is -2.47. The number of rotatable bonds is 2. The molecule has 1 fully saturated rings. The third-order valence-corrected chi connectivity index (χ3v) is 3.49. The average Bonchev–Trinajstić information content (AvgIpc) is 2.64. The number of benzene rings is 1. The van der Waals surface area contributed by atoms with Gasteiger partial charge in [-0.3, -0.25) is 4.79 Å². The lowest BCUT2D eigenvalue weighted by atomic mass is 9.84. The van der Waals surface area contributed by atoms with E-state index >= 15 is 0 Å². The fourth-order valence-corrected chi connectivity index (χ4v) is 1.98. The quantitative estimate of drug-likeness (QED) is 0.684. The van der Waals surface area contributed by atoms with Crippen molar-refractivity contribution in [3.8, 4) is 5.75 Å². The summed E-state index contributed by atoms with van der Waals surface area (Å²) in [6.07, 6.45) is 0. The van der Waals surface area contributed by atoms with Crippen LogP contribution in [0.5, 0.6) is 5.75 Å². The summed E-state index contributed by atoms with van der Waals surface area (Å²) in [5, 5.41) is 12.2. The average molecular weight is 250 g/mol. The SMILES string of the molecule is Cc1cc(O)ccc1NC(=O)C1(C)COCC1N. The summed E-state index contributed by atoms with van der Waals surface area (Å²) in [7, 11) is 0. The van der Waals surface area contributed by atoms with Crippen LogP contribution >= 0.6 is 0 Å². The van der Waals surface area contributed by atoms with E-state index in [4.69, 9.17) is 10.5 Å². The first kappa shape index (κ1) is 12.9. The van der Waals surface area contributed by atoms with E-state index in [2.05, 4.69) is 5.32 Å². The molecule has 1 aliphatic heterocycles. The number of nitrogens with two attached hydrogens (primary N) is 1. The molecule has 2 rings (SSSR count). The van der Waals surface area contributed by atoms with Crippen LogP contribution in [-0.4, -0.2) is 30.3 Å². The standard InChI is InChI=1S/C13H18N2O3/c1-8-5-9(16)3-4-10(8)15-12(17)13(2)7-18-6-11(13)14/h3-5,11,16H,6-7,14H2,1-2H3,(H,15,17). The molecule has 1 aromatic rings. The highest BCUT2D eigenvalue weighted by Gasteiger charge is 2.44. The Morgan fingerprint density at radius 1 is 1.61 bits per heavy atom. The molecule has 0 bridgehead atoms. The van der Waals surface area contributed by atoms with Gasteiger partial charge in [0.15, 0.2) is 0 Å². The number of carbonyl (C=O) groups is 1. The van der Waals surface area contributed by atoms with Crippen molar-refractivity contribution in [3.63, 3.8) is 0 Å². The zero-order chi connectivity index (χ0) is 13.3. The van der Waals surface area contributed by atoms with Crippen LogP contribution in [0.2, 0.25) is 0 Å². The van der Waals surface area contributed by atoms with Gasteiger partial charge in [-0.05, 0) is 37.6 Å². The Bertz CT molecular complexity index is 475. The van der Waals surface area contributed by atoms with Crippen molar-refractivity contribution in [1.29, 1.82) is 0 Å². The molecule has 4 N–H and O–H groups in total. The Kier molecular flexibility index (Phi) is 3.28. The number of amides is 1. The summed E-state index contributed by atoms with van der Waals surface area (Å²) >= 11 is 0. The van der Waals surface area contributed by atoms with Gasteiger partial charge < -0.3 is 20.9 Å². The highest BCUT2D eigenvalue weighted by molar-refractivity contribution is 5.96. The third-order valence-electron chi connectivity index (χ3n) is 3.49. The number of hydrogen-bond acceptors (Lipinski definition) is 4. The van der Waals surface area contributed by atoms with Crippen LogP contribution < -0.4 is 11.1 Å². The van der Waals surface area contributed by atoms with E-state index in [1.165, 1.54) is 6.07 Å². The maximum Gasteiger partial charge on any atom is 0.234 e. The zero-order valence-electron chi connectivity index (χ0n) is 10.6. The molecule has 18 heavy (non-hydrogen) atoms. The number of phenols is 1. The number of nitrogens with one attached hydrogen (secondary N) is 1. The number of ether oxygens (including phenoxy) is 1. The predicted molar refractivity (Wildman–Crippen MR) is 68.4 cm³/mol. The molecular weight excluding hydrogens is 232 g/mol. The lowest BCUT2D eigenvalue weighted by molar-refractivity contribution is -0.125. The summed E-state index contributed by atoms with van der Waals surface area (Å²) in [5.41, 5.74) is 6.68. The van der Waals surface area contributed by atoms with Gasteiger partial charge in [0.05, 0.1) is 18.6 Å². The molecule has 0 saturated carbocycles. The van der Waals surface area contributed by atoms with Crippen LogP contribution in [0.25, 0.3) is 0 Å². The molecule has 0 aliphatic carbocycles. The van der Waals surface area contributed by atoms with Crippen molar-refractivity contribution >= 4 is 11.6 Å². The smallest absolute Gasteiger partial charge is 0.234 e. The van der Waals surface area contributed by atoms with Gasteiger partial charge in [-0.25, -0.2) is 0 Å². The normalized spacial score (nSPS) is 27.2. The van der Waals surface area contributed by atoms with E-state index in [0.29, 0.717) is 18.9 Å². The first-order valence-corrected chi connectivity index (χ1v) is 5.88.